The summed E-state index contributed by atoms with van der Waals surface area (Å²) in [6.07, 6.45) is 0.822. The molecule has 92 valence electrons. The van der Waals surface area contributed by atoms with Crippen molar-refractivity contribution in [3.05, 3.63) is 34.3 Å². The molecule has 0 saturated heterocycles. The molecule has 1 saturated carbocycles. The summed E-state index contributed by atoms with van der Waals surface area (Å²) >= 11 is 3.36. The van der Waals surface area contributed by atoms with Crippen LogP contribution in [-0.2, 0) is 14.9 Å². The molecule has 1 N–H and O–H groups in total. The van der Waals surface area contributed by atoms with E-state index in [1.54, 1.807) is 6.92 Å². The molecule has 3 nitrogen and oxygen atoms in total. The molecule has 0 heterocycles. The Morgan fingerprint density at radius 1 is 1.35 bits per heavy atom. The topological polar surface area (TPSA) is 46.5 Å². The van der Waals surface area contributed by atoms with Gasteiger partial charge in [0.05, 0.1) is 18.1 Å². The van der Waals surface area contributed by atoms with Crippen LogP contribution in [0.1, 0.15) is 25.3 Å². The molecule has 0 unspecified atom stereocenters. The van der Waals surface area contributed by atoms with Crippen molar-refractivity contribution >= 4 is 21.9 Å². The van der Waals surface area contributed by atoms with E-state index in [2.05, 4.69) is 15.9 Å². The molecule has 1 aliphatic carbocycles. The number of halogens is 1. The zero-order chi connectivity index (χ0) is 12.7. The van der Waals surface area contributed by atoms with Gasteiger partial charge in [-0.05, 0) is 37.5 Å². The first-order chi connectivity index (χ1) is 7.89. The number of aliphatic hydroxyl groups is 1. The first-order valence-corrected chi connectivity index (χ1v) is 6.26. The lowest BCUT2D eigenvalue weighted by molar-refractivity contribution is -0.165. The lowest BCUT2D eigenvalue weighted by atomic mass is 9.56. The molecule has 1 aliphatic rings. The minimum Gasteiger partial charge on any atom is -0.468 e. The van der Waals surface area contributed by atoms with E-state index in [1.165, 1.54) is 7.11 Å². The quantitative estimate of drug-likeness (QED) is 0.853. The van der Waals surface area contributed by atoms with Crippen LogP contribution in [0.4, 0.5) is 0 Å². The van der Waals surface area contributed by atoms with Crippen molar-refractivity contribution in [2.24, 2.45) is 0 Å². The fraction of sp³-hybridized carbons (Fsp3) is 0.462. The number of rotatable bonds is 2. The number of methoxy groups -OCH3 is 1. The third-order valence-corrected chi connectivity index (χ3v) is 3.87. The summed E-state index contributed by atoms with van der Waals surface area (Å²) in [5.41, 5.74) is -0.556. The Kier molecular flexibility index (Phi) is 3.04. The van der Waals surface area contributed by atoms with Gasteiger partial charge in [-0.25, -0.2) is 0 Å². The second-order valence-corrected chi connectivity index (χ2v) is 5.85. The van der Waals surface area contributed by atoms with Crippen LogP contribution >= 0.6 is 15.9 Å². The Hall–Kier alpha value is -0.870. The van der Waals surface area contributed by atoms with Crippen LogP contribution in [-0.4, -0.2) is 23.8 Å². The van der Waals surface area contributed by atoms with Crippen LogP contribution < -0.4 is 0 Å². The Morgan fingerprint density at radius 2 is 1.88 bits per heavy atom. The SMILES string of the molecule is COC(=O)C1(c2ccc(Br)cc2)CC(C)(O)C1. The number of ether oxygens (including phenoxy) is 1. The summed E-state index contributed by atoms with van der Waals surface area (Å²) < 4.78 is 5.84. The fourth-order valence-electron chi connectivity index (χ4n) is 2.68. The molecule has 0 radical (unpaired) electrons. The molecule has 1 fully saturated rings. The predicted molar refractivity (Wildman–Crippen MR) is 67.7 cm³/mol. The second-order valence-electron chi connectivity index (χ2n) is 4.93. The number of hydrogen-bond acceptors (Lipinski definition) is 3. The molecule has 2 rings (SSSR count). The van der Waals surface area contributed by atoms with Gasteiger partial charge < -0.3 is 9.84 Å². The van der Waals surface area contributed by atoms with Gasteiger partial charge in [-0.3, -0.25) is 4.79 Å². The summed E-state index contributed by atoms with van der Waals surface area (Å²) in [4.78, 5) is 11.9. The Labute approximate surface area is 109 Å². The van der Waals surface area contributed by atoms with Gasteiger partial charge in [0.15, 0.2) is 0 Å². The summed E-state index contributed by atoms with van der Waals surface area (Å²) in [5, 5.41) is 9.89. The highest BCUT2D eigenvalue weighted by Crippen LogP contribution is 2.51. The fourth-order valence-corrected chi connectivity index (χ4v) is 2.94. The van der Waals surface area contributed by atoms with Gasteiger partial charge >= 0.3 is 5.97 Å². The first-order valence-electron chi connectivity index (χ1n) is 5.46. The number of benzene rings is 1. The van der Waals surface area contributed by atoms with E-state index in [0.29, 0.717) is 12.8 Å². The van der Waals surface area contributed by atoms with Crippen molar-refractivity contribution in [1.82, 2.24) is 0 Å². The minimum absolute atomic E-state index is 0.272. The van der Waals surface area contributed by atoms with Crippen LogP contribution in [0, 0.1) is 0 Å². The lowest BCUT2D eigenvalue weighted by Gasteiger charge is -2.49. The zero-order valence-electron chi connectivity index (χ0n) is 9.87. The Morgan fingerprint density at radius 3 is 2.29 bits per heavy atom. The number of carbonyl (C=O) groups is 1. The maximum Gasteiger partial charge on any atom is 0.316 e. The highest BCUT2D eigenvalue weighted by molar-refractivity contribution is 9.10. The van der Waals surface area contributed by atoms with Crippen molar-refractivity contribution in [3.63, 3.8) is 0 Å². The van der Waals surface area contributed by atoms with Crippen molar-refractivity contribution in [1.29, 1.82) is 0 Å². The van der Waals surface area contributed by atoms with Gasteiger partial charge in [-0.1, -0.05) is 28.1 Å². The van der Waals surface area contributed by atoms with Gasteiger partial charge in [0, 0.05) is 4.47 Å². The van der Waals surface area contributed by atoms with Gasteiger partial charge in [0.2, 0.25) is 0 Å². The van der Waals surface area contributed by atoms with Gasteiger partial charge in [-0.15, -0.1) is 0 Å². The minimum atomic E-state index is -0.777. The molecule has 1 aromatic rings. The third-order valence-electron chi connectivity index (χ3n) is 3.34. The van der Waals surface area contributed by atoms with E-state index in [1.807, 2.05) is 24.3 Å². The van der Waals surface area contributed by atoms with Crippen molar-refractivity contribution in [2.75, 3.05) is 7.11 Å². The molecular weight excluding hydrogens is 284 g/mol. The predicted octanol–water partition coefficient (Wildman–Crippen LogP) is 2.40. The molecule has 0 spiro atoms. The van der Waals surface area contributed by atoms with Crippen LogP contribution in [0.3, 0.4) is 0 Å². The summed E-state index contributed by atoms with van der Waals surface area (Å²) in [6, 6.07) is 7.59. The van der Waals surface area contributed by atoms with E-state index in [4.69, 9.17) is 4.74 Å². The first kappa shape index (κ1) is 12.6. The Bertz CT molecular complexity index is 428. The molecule has 0 aliphatic heterocycles. The zero-order valence-corrected chi connectivity index (χ0v) is 11.5. The number of hydrogen-bond donors (Lipinski definition) is 1. The van der Waals surface area contributed by atoms with Crippen molar-refractivity contribution < 1.29 is 14.6 Å². The van der Waals surface area contributed by atoms with E-state index in [-0.39, 0.29) is 5.97 Å². The second kappa shape index (κ2) is 4.10. The molecule has 0 aromatic heterocycles. The largest absolute Gasteiger partial charge is 0.468 e. The van der Waals surface area contributed by atoms with E-state index in [0.717, 1.165) is 10.0 Å². The molecule has 0 atom stereocenters. The van der Waals surface area contributed by atoms with Gasteiger partial charge in [0.1, 0.15) is 0 Å². The van der Waals surface area contributed by atoms with Crippen LogP contribution in [0.25, 0.3) is 0 Å². The van der Waals surface area contributed by atoms with Crippen LogP contribution in [0.2, 0.25) is 0 Å². The molecule has 0 amide bonds. The number of esters is 1. The normalized spacial score (nSPS) is 31.8. The van der Waals surface area contributed by atoms with E-state index in [9.17, 15) is 9.90 Å². The van der Waals surface area contributed by atoms with Crippen LogP contribution in [0.5, 0.6) is 0 Å². The van der Waals surface area contributed by atoms with Gasteiger partial charge in [0.25, 0.3) is 0 Å². The standard InChI is InChI=1S/C13H15BrO3/c1-12(16)7-13(8-12,11(15)17-2)9-3-5-10(14)6-4-9/h3-6,16H,7-8H2,1-2H3. The molecule has 1 aromatic carbocycles. The highest BCUT2D eigenvalue weighted by Gasteiger charge is 2.57. The van der Waals surface area contributed by atoms with Crippen LogP contribution in [0.15, 0.2) is 28.7 Å². The molecular formula is C13H15BrO3. The van der Waals surface area contributed by atoms with Crippen molar-refractivity contribution in [3.8, 4) is 0 Å². The van der Waals surface area contributed by atoms with Gasteiger partial charge in [-0.2, -0.15) is 0 Å². The maximum absolute atomic E-state index is 11.9. The average Bonchev–Trinajstić information content (AvgIpc) is 2.25. The number of carbonyl (C=O) groups excluding carboxylic acids is 1. The van der Waals surface area contributed by atoms with E-state index >= 15 is 0 Å². The monoisotopic (exact) mass is 298 g/mol. The Balaban J connectivity index is 2.36. The lowest BCUT2D eigenvalue weighted by Crippen LogP contribution is -2.57. The van der Waals surface area contributed by atoms with E-state index < -0.39 is 11.0 Å². The average molecular weight is 299 g/mol. The smallest absolute Gasteiger partial charge is 0.316 e. The highest BCUT2D eigenvalue weighted by atomic mass is 79.9. The van der Waals surface area contributed by atoms with Crippen molar-refractivity contribution in [2.45, 2.75) is 30.8 Å². The molecule has 4 heteroatoms. The summed E-state index contributed by atoms with van der Waals surface area (Å²) in [5.74, 6) is -0.272. The maximum atomic E-state index is 11.9. The molecule has 17 heavy (non-hydrogen) atoms. The third kappa shape index (κ3) is 2.11. The summed E-state index contributed by atoms with van der Waals surface area (Å²) in [6.45, 7) is 1.74. The molecule has 0 bridgehead atoms. The summed E-state index contributed by atoms with van der Waals surface area (Å²) in [7, 11) is 1.38.